The number of rotatable bonds is 3. The minimum atomic E-state index is 0.0305. The van der Waals surface area contributed by atoms with Gasteiger partial charge in [-0.25, -0.2) is 5.84 Å². The molecule has 0 spiro atoms. The Kier molecular flexibility index (Phi) is 2.61. The molecule has 0 fully saturated rings. The zero-order valence-corrected chi connectivity index (χ0v) is 8.46. The quantitative estimate of drug-likeness (QED) is 0.348. The van der Waals surface area contributed by atoms with Gasteiger partial charge in [0, 0.05) is 11.5 Å². The average Bonchev–Trinajstić information content (AvgIpc) is 2.72. The molecular formula is C11H11N3O2. The smallest absolute Gasteiger partial charge is 0.214 e. The van der Waals surface area contributed by atoms with Crippen molar-refractivity contribution >= 4 is 23.1 Å². The van der Waals surface area contributed by atoms with E-state index in [9.17, 15) is 4.79 Å². The first-order valence-electron chi connectivity index (χ1n) is 4.65. The lowest BCUT2D eigenvalue weighted by Crippen LogP contribution is -2.25. The van der Waals surface area contributed by atoms with E-state index in [1.54, 1.807) is 6.07 Å². The van der Waals surface area contributed by atoms with E-state index in [4.69, 9.17) is 16.0 Å². The second-order valence-electron chi connectivity index (χ2n) is 3.28. The fourth-order valence-corrected chi connectivity index (χ4v) is 1.35. The van der Waals surface area contributed by atoms with Gasteiger partial charge in [0.05, 0.1) is 11.9 Å². The third-order valence-corrected chi connectivity index (χ3v) is 2.09. The van der Waals surface area contributed by atoms with Gasteiger partial charge < -0.3 is 10.2 Å². The Morgan fingerprint density at radius 3 is 2.81 bits per heavy atom. The second-order valence-corrected chi connectivity index (χ2v) is 3.28. The van der Waals surface area contributed by atoms with E-state index in [0.717, 1.165) is 11.0 Å². The van der Waals surface area contributed by atoms with Crippen molar-refractivity contribution in [3.8, 4) is 0 Å². The number of hydrogen-bond donors (Lipinski definition) is 2. The van der Waals surface area contributed by atoms with E-state index in [0.29, 0.717) is 12.2 Å². The van der Waals surface area contributed by atoms with Crippen LogP contribution in [0.25, 0.3) is 11.0 Å². The molecule has 0 amide bonds. The van der Waals surface area contributed by atoms with Gasteiger partial charge in [-0.15, -0.1) is 0 Å². The molecule has 1 aromatic heterocycles. The summed E-state index contributed by atoms with van der Waals surface area (Å²) in [5.74, 6) is 6.08. The van der Waals surface area contributed by atoms with Crippen molar-refractivity contribution in [1.82, 2.24) is 0 Å². The van der Waals surface area contributed by atoms with Gasteiger partial charge in [-0.05, 0) is 6.07 Å². The summed E-state index contributed by atoms with van der Waals surface area (Å²) in [6, 6.07) is 9.27. The zero-order chi connectivity index (χ0) is 11.5. The van der Waals surface area contributed by atoms with Crippen molar-refractivity contribution in [3.63, 3.8) is 0 Å². The first-order valence-corrected chi connectivity index (χ1v) is 4.65. The number of fused-ring (bicyclic) bond motifs is 1. The molecule has 82 valence electrons. The van der Waals surface area contributed by atoms with E-state index >= 15 is 0 Å². The van der Waals surface area contributed by atoms with Crippen molar-refractivity contribution < 1.29 is 9.21 Å². The molecule has 0 bridgehead atoms. The van der Waals surface area contributed by atoms with Crippen molar-refractivity contribution in [3.05, 3.63) is 42.2 Å². The van der Waals surface area contributed by atoms with Gasteiger partial charge in [-0.1, -0.05) is 18.2 Å². The highest BCUT2D eigenvalue weighted by molar-refractivity contribution is 5.81. The largest absolute Gasteiger partial charge is 0.439 e. The molecule has 0 unspecified atom stereocenters. The number of allylic oxidation sites excluding steroid dienone is 1. The van der Waals surface area contributed by atoms with Crippen LogP contribution in [-0.4, -0.2) is 6.29 Å². The van der Waals surface area contributed by atoms with Crippen molar-refractivity contribution in [2.24, 2.45) is 11.6 Å². The number of hydrazine groups is 1. The van der Waals surface area contributed by atoms with Gasteiger partial charge in [-0.3, -0.25) is 9.80 Å². The van der Waals surface area contributed by atoms with Crippen molar-refractivity contribution in [1.29, 1.82) is 0 Å². The fourth-order valence-electron chi connectivity index (χ4n) is 1.35. The number of carbonyl (C=O) groups excluding carboxylic acids is 1. The van der Waals surface area contributed by atoms with Crippen LogP contribution >= 0.6 is 0 Å². The van der Waals surface area contributed by atoms with Gasteiger partial charge in [0.25, 0.3) is 0 Å². The molecule has 0 aliphatic heterocycles. The number of aldehydes is 1. The van der Waals surface area contributed by atoms with E-state index in [2.05, 4.69) is 0 Å². The van der Waals surface area contributed by atoms with Crippen LogP contribution in [0.1, 0.15) is 0 Å². The lowest BCUT2D eigenvalue weighted by Gasteiger charge is -2.08. The van der Waals surface area contributed by atoms with Gasteiger partial charge in [0.1, 0.15) is 5.58 Å². The normalized spacial score (nSPS) is 11.7. The van der Waals surface area contributed by atoms with Crippen LogP contribution in [0.2, 0.25) is 0 Å². The molecule has 0 aliphatic rings. The summed E-state index contributed by atoms with van der Waals surface area (Å²) in [4.78, 5) is 10.3. The Bertz CT molecular complexity index is 512. The topological polar surface area (TPSA) is 85.5 Å². The SMILES string of the molecule is N/C(C=O)=C\N(N)c1cc2ccccc2o1. The second kappa shape index (κ2) is 4.08. The monoisotopic (exact) mass is 217 g/mol. The Hall–Kier alpha value is -2.27. The maximum atomic E-state index is 10.3. The van der Waals surface area contributed by atoms with Gasteiger partial charge in [-0.2, -0.15) is 0 Å². The predicted molar refractivity (Wildman–Crippen MR) is 61.2 cm³/mol. The summed E-state index contributed by atoms with van der Waals surface area (Å²) < 4.78 is 5.46. The summed E-state index contributed by atoms with van der Waals surface area (Å²) in [7, 11) is 0. The van der Waals surface area contributed by atoms with Crippen LogP contribution in [0.15, 0.2) is 46.6 Å². The molecule has 0 saturated heterocycles. The molecule has 0 saturated carbocycles. The standard InChI is InChI=1S/C11H11N3O2/c12-9(7-15)6-14(13)11-5-8-3-1-2-4-10(8)16-11/h1-7H,12-13H2/b9-6-. The maximum Gasteiger partial charge on any atom is 0.214 e. The third kappa shape index (κ3) is 1.89. The molecule has 0 radical (unpaired) electrons. The van der Waals surface area contributed by atoms with E-state index in [1.165, 1.54) is 11.2 Å². The van der Waals surface area contributed by atoms with Crippen LogP contribution < -0.4 is 16.6 Å². The zero-order valence-electron chi connectivity index (χ0n) is 8.46. The minimum absolute atomic E-state index is 0.0305. The molecule has 5 heteroatoms. The molecule has 4 N–H and O–H groups in total. The molecule has 2 rings (SSSR count). The lowest BCUT2D eigenvalue weighted by atomic mass is 10.3. The van der Waals surface area contributed by atoms with Crippen LogP contribution in [0, 0.1) is 0 Å². The third-order valence-electron chi connectivity index (χ3n) is 2.09. The molecule has 0 aliphatic carbocycles. The first kappa shape index (κ1) is 10.3. The Balaban J connectivity index is 2.36. The number of nitrogens with zero attached hydrogens (tertiary/aromatic N) is 1. The Morgan fingerprint density at radius 2 is 2.12 bits per heavy atom. The van der Waals surface area contributed by atoms with Crippen LogP contribution in [0.4, 0.5) is 5.88 Å². The molecule has 0 atom stereocenters. The maximum absolute atomic E-state index is 10.3. The first-order chi connectivity index (χ1) is 7.70. The highest BCUT2D eigenvalue weighted by Crippen LogP contribution is 2.24. The summed E-state index contributed by atoms with van der Waals surface area (Å²) in [6.45, 7) is 0. The minimum Gasteiger partial charge on any atom is -0.439 e. The van der Waals surface area contributed by atoms with Crippen LogP contribution in [0.3, 0.4) is 0 Å². The number of carbonyl (C=O) groups is 1. The summed E-state index contributed by atoms with van der Waals surface area (Å²) in [5.41, 5.74) is 6.09. The molecule has 5 nitrogen and oxygen atoms in total. The number of hydrogen-bond acceptors (Lipinski definition) is 5. The molecule has 1 heterocycles. The highest BCUT2D eigenvalue weighted by atomic mass is 16.4. The van der Waals surface area contributed by atoms with E-state index in [-0.39, 0.29) is 5.70 Å². The molecule has 16 heavy (non-hydrogen) atoms. The van der Waals surface area contributed by atoms with E-state index in [1.807, 2.05) is 24.3 Å². The number of nitrogens with two attached hydrogens (primary N) is 2. The van der Waals surface area contributed by atoms with Gasteiger partial charge in [0.2, 0.25) is 5.88 Å². The number of furan rings is 1. The van der Waals surface area contributed by atoms with E-state index < -0.39 is 0 Å². The van der Waals surface area contributed by atoms with Crippen molar-refractivity contribution in [2.75, 3.05) is 5.01 Å². The molecule has 1 aromatic carbocycles. The van der Waals surface area contributed by atoms with Gasteiger partial charge >= 0.3 is 0 Å². The molecular weight excluding hydrogens is 206 g/mol. The Morgan fingerprint density at radius 1 is 1.38 bits per heavy atom. The molecule has 2 aromatic rings. The number of benzene rings is 1. The average molecular weight is 217 g/mol. The number of para-hydroxylation sites is 1. The van der Waals surface area contributed by atoms with Crippen LogP contribution in [0.5, 0.6) is 0 Å². The predicted octanol–water partition coefficient (Wildman–Crippen LogP) is 1.11. The van der Waals surface area contributed by atoms with Crippen molar-refractivity contribution in [2.45, 2.75) is 0 Å². The highest BCUT2D eigenvalue weighted by Gasteiger charge is 2.06. The summed E-state index contributed by atoms with van der Waals surface area (Å²) in [6.07, 6.45) is 1.81. The number of anilines is 1. The summed E-state index contributed by atoms with van der Waals surface area (Å²) in [5, 5.41) is 2.11. The fraction of sp³-hybridized carbons (Fsp3) is 0. The lowest BCUT2D eigenvalue weighted by molar-refractivity contribution is -0.105. The summed E-state index contributed by atoms with van der Waals surface area (Å²) >= 11 is 0. The van der Waals surface area contributed by atoms with Crippen LogP contribution in [-0.2, 0) is 4.79 Å². The van der Waals surface area contributed by atoms with Gasteiger partial charge in [0.15, 0.2) is 6.29 Å². The Labute approximate surface area is 91.9 Å².